The van der Waals surface area contributed by atoms with Crippen molar-refractivity contribution in [2.45, 2.75) is 55.5 Å². The highest BCUT2D eigenvalue weighted by atomic mass is 19.4. The van der Waals surface area contributed by atoms with Crippen molar-refractivity contribution in [1.82, 2.24) is 24.3 Å². The van der Waals surface area contributed by atoms with Gasteiger partial charge in [0.25, 0.3) is 0 Å². The Kier molecular flexibility index (Phi) is 2.57. The number of aromatic nitrogens is 5. The van der Waals surface area contributed by atoms with Crippen LogP contribution < -0.4 is 5.69 Å². The predicted molar refractivity (Wildman–Crippen MR) is 75.6 cm³/mol. The first-order chi connectivity index (χ1) is 11.7. The molecule has 10 heteroatoms. The summed E-state index contributed by atoms with van der Waals surface area (Å²) in [4.78, 5) is 20.0. The minimum absolute atomic E-state index is 0.299. The molecule has 132 valence electrons. The summed E-state index contributed by atoms with van der Waals surface area (Å²) in [6.45, 7) is 0. The monoisotopic (exact) mass is 355 g/mol. The fourth-order valence-electron chi connectivity index (χ4n) is 4.38. The van der Waals surface area contributed by atoms with Crippen LogP contribution in [-0.4, -0.2) is 30.0 Å². The van der Waals surface area contributed by atoms with E-state index in [1.54, 1.807) is 0 Å². The molecule has 0 amide bonds. The molecule has 4 aliphatic rings. The Hall–Kier alpha value is -2.26. The van der Waals surface area contributed by atoms with E-state index in [1.807, 2.05) is 0 Å². The lowest BCUT2D eigenvalue weighted by Crippen LogP contribution is -2.72. The molecular formula is C15H13F4N5O. The van der Waals surface area contributed by atoms with Crippen LogP contribution in [0.4, 0.5) is 17.6 Å². The van der Waals surface area contributed by atoms with Gasteiger partial charge in [-0.2, -0.15) is 18.3 Å². The van der Waals surface area contributed by atoms with Gasteiger partial charge < -0.3 is 0 Å². The molecule has 2 bridgehead atoms. The average Bonchev–Trinajstić information content (AvgIpc) is 3.03. The van der Waals surface area contributed by atoms with Crippen LogP contribution in [0.2, 0.25) is 0 Å². The Morgan fingerprint density at radius 2 is 1.88 bits per heavy atom. The lowest BCUT2D eigenvalue weighted by molar-refractivity contribution is -0.205. The fraction of sp³-hybridized carbons (Fsp3) is 0.600. The zero-order valence-electron chi connectivity index (χ0n) is 12.9. The van der Waals surface area contributed by atoms with Crippen molar-refractivity contribution in [1.29, 1.82) is 0 Å². The van der Waals surface area contributed by atoms with Gasteiger partial charge >= 0.3 is 11.9 Å². The molecule has 1 aliphatic heterocycles. The second kappa shape index (κ2) is 4.28. The molecule has 2 aromatic rings. The van der Waals surface area contributed by atoms with E-state index in [1.165, 1.54) is 9.25 Å². The van der Waals surface area contributed by atoms with Crippen LogP contribution in [0.1, 0.15) is 48.9 Å². The van der Waals surface area contributed by atoms with E-state index >= 15 is 0 Å². The van der Waals surface area contributed by atoms with Crippen LogP contribution in [0, 0.1) is 0 Å². The molecular weight excluding hydrogens is 342 g/mol. The van der Waals surface area contributed by atoms with Crippen molar-refractivity contribution in [3.05, 3.63) is 40.1 Å². The molecule has 3 heterocycles. The van der Waals surface area contributed by atoms with Crippen LogP contribution in [0.5, 0.6) is 0 Å². The number of aryl methyl sites for hydroxylation is 1. The third kappa shape index (κ3) is 1.90. The lowest BCUT2D eigenvalue weighted by Gasteiger charge is -2.64. The molecule has 0 spiro atoms. The van der Waals surface area contributed by atoms with Crippen molar-refractivity contribution in [3.63, 3.8) is 0 Å². The van der Waals surface area contributed by atoms with Crippen molar-refractivity contribution >= 4 is 0 Å². The number of alkyl halides is 4. The molecule has 0 saturated heterocycles. The normalized spacial score (nSPS) is 32.9. The number of hydrogen-bond acceptors (Lipinski definition) is 4. The first kappa shape index (κ1) is 15.0. The van der Waals surface area contributed by atoms with Gasteiger partial charge in [-0.1, -0.05) is 0 Å². The summed E-state index contributed by atoms with van der Waals surface area (Å²) in [6, 6.07) is -0.488. The first-order valence-corrected chi connectivity index (χ1v) is 8.00. The molecule has 3 fully saturated rings. The number of hydrogen-bond donors (Lipinski definition) is 0. The van der Waals surface area contributed by atoms with Crippen LogP contribution in [-0.2, 0) is 18.1 Å². The summed E-state index contributed by atoms with van der Waals surface area (Å²) in [5.74, 6) is 0.564. The number of nitrogens with zero attached hydrogens (tertiary/aromatic N) is 5. The van der Waals surface area contributed by atoms with Crippen LogP contribution in [0.15, 0.2) is 17.2 Å². The minimum Gasteiger partial charge on any atom is -0.270 e. The van der Waals surface area contributed by atoms with Gasteiger partial charge in [0.15, 0.2) is 5.69 Å². The predicted octanol–water partition coefficient (Wildman–Crippen LogP) is 1.99. The smallest absolute Gasteiger partial charge is 0.270 e. The Balaban J connectivity index is 1.49. The summed E-state index contributed by atoms with van der Waals surface area (Å²) < 4.78 is 54.4. The standard InChI is InChI=1S/C15H13F4N5O/c16-13-5-14(6-13,7-13)24-12(25)23-9(1-2-11(23)22-24)8-3-21-10(4-20-8)15(17,18)19/h3-4,9H,1-2,5-7H2/t9-,13?,14?/m0/s1. The molecule has 3 saturated carbocycles. The number of halogens is 4. The number of rotatable bonds is 2. The molecule has 1 atom stereocenters. The van der Waals surface area contributed by atoms with E-state index in [9.17, 15) is 22.4 Å². The highest BCUT2D eigenvalue weighted by Gasteiger charge is 2.72. The highest BCUT2D eigenvalue weighted by molar-refractivity contribution is 5.23. The topological polar surface area (TPSA) is 65.6 Å². The van der Waals surface area contributed by atoms with E-state index in [4.69, 9.17) is 0 Å². The Morgan fingerprint density at radius 1 is 1.16 bits per heavy atom. The Labute approximate surface area is 138 Å². The van der Waals surface area contributed by atoms with Crippen LogP contribution in [0.3, 0.4) is 0 Å². The quantitative estimate of drug-likeness (QED) is 0.773. The van der Waals surface area contributed by atoms with E-state index in [0.29, 0.717) is 49.8 Å². The number of fused-ring (bicyclic) bond motifs is 1. The molecule has 0 radical (unpaired) electrons. The third-order valence-electron chi connectivity index (χ3n) is 5.52. The van der Waals surface area contributed by atoms with Gasteiger partial charge in [0.1, 0.15) is 11.5 Å². The van der Waals surface area contributed by atoms with E-state index < -0.39 is 29.1 Å². The zero-order chi connectivity index (χ0) is 17.6. The van der Waals surface area contributed by atoms with Crippen molar-refractivity contribution < 1.29 is 17.6 Å². The Morgan fingerprint density at radius 3 is 2.44 bits per heavy atom. The second-order valence-electron chi connectivity index (χ2n) is 7.26. The molecule has 2 aromatic heterocycles. The summed E-state index contributed by atoms with van der Waals surface area (Å²) in [7, 11) is 0. The van der Waals surface area contributed by atoms with Crippen LogP contribution >= 0.6 is 0 Å². The zero-order valence-corrected chi connectivity index (χ0v) is 12.9. The van der Waals surface area contributed by atoms with Gasteiger partial charge in [-0.25, -0.2) is 18.9 Å². The average molecular weight is 355 g/mol. The van der Waals surface area contributed by atoms with E-state index in [0.717, 1.165) is 6.20 Å². The summed E-state index contributed by atoms with van der Waals surface area (Å²) >= 11 is 0. The van der Waals surface area contributed by atoms with Crippen molar-refractivity contribution in [3.8, 4) is 0 Å². The van der Waals surface area contributed by atoms with Gasteiger partial charge in [0, 0.05) is 25.7 Å². The summed E-state index contributed by atoms with van der Waals surface area (Å²) in [6.07, 6.45) is -0.852. The third-order valence-corrected chi connectivity index (χ3v) is 5.52. The van der Waals surface area contributed by atoms with Crippen molar-refractivity contribution in [2.75, 3.05) is 0 Å². The molecule has 0 aromatic carbocycles. The fourth-order valence-corrected chi connectivity index (χ4v) is 4.38. The largest absolute Gasteiger partial charge is 0.434 e. The molecule has 6 rings (SSSR count). The first-order valence-electron chi connectivity index (χ1n) is 8.00. The Bertz CT molecular complexity index is 909. The minimum atomic E-state index is -4.56. The second-order valence-corrected chi connectivity index (χ2v) is 7.26. The molecule has 6 nitrogen and oxygen atoms in total. The lowest BCUT2D eigenvalue weighted by atomic mass is 9.47. The maximum absolute atomic E-state index is 13.8. The van der Waals surface area contributed by atoms with Gasteiger partial charge in [0.05, 0.1) is 29.7 Å². The van der Waals surface area contributed by atoms with E-state index in [2.05, 4.69) is 15.1 Å². The van der Waals surface area contributed by atoms with Crippen molar-refractivity contribution in [2.24, 2.45) is 0 Å². The van der Waals surface area contributed by atoms with Gasteiger partial charge in [-0.3, -0.25) is 9.55 Å². The van der Waals surface area contributed by atoms with E-state index in [-0.39, 0.29) is 5.69 Å². The maximum atomic E-state index is 13.8. The molecule has 0 N–H and O–H groups in total. The summed E-state index contributed by atoms with van der Waals surface area (Å²) in [5.41, 5.74) is -2.78. The molecule has 3 aliphatic carbocycles. The maximum Gasteiger partial charge on any atom is 0.434 e. The van der Waals surface area contributed by atoms with Gasteiger partial charge in [0.2, 0.25) is 0 Å². The van der Waals surface area contributed by atoms with Crippen LogP contribution in [0.25, 0.3) is 0 Å². The van der Waals surface area contributed by atoms with Gasteiger partial charge in [-0.15, -0.1) is 0 Å². The highest BCUT2D eigenvalue weighted by Crippen LogP contribution is 2.66. The summed E-state index contributed by atoms with van der Waals surface area (Å²) in [5, 5.41) is 4.36. The van der Waals surface area contributed by atoms with Gasteiger partial charge in [-0.05, 0) is 6.42 Å². The molecule has 0 unspecified atom stereocenters. The molecule has 25 heavy (non-hydrogen) atoms. The SMILES string of the molecule is O=c1n(C23CC(F)(C2)C3)nc2n1[C@H](c1cnc(C(F)(F)F)cn1)CC2.